The minimum atomic E-state index is -1.05. The van der Waals surface area contributed by atoms with E-state index >= 15 is 0 Å². The molecule has 1 fully saturated rings. The molecule has 0 spiro atoms. The molecule has 2 atom stereocenters. The smallest absolute Gasteiger partial charge is 0.316 e. The minimum absolute atomic E-state index is 0.267. The second-order valence-corrected chi connectivity index (χ2v) is 4.99. The van der Waals surface area contributed by atoms with Gasteiger partial charge in [-0.05, 0) is 17.0 Å². The van der Waals surface area contributed by atoms with Crippen molar-refractivity contribution in [2.24, 2.45) is 5.92 Å². The van der Waals surface area contributed by atoms with Crippen LogP contribution in [-0.4, -0.2) is 23.5 Å². The first kappa shape index (κ1) is 12.6. The van der Waals surface area contributed by atoms with Crippen molar-refractivity contribution in [3.8, 4) is 0 Å². The van der Waals surface area contributed by atoms with Crippen molar-refractivity contribution >= 4 is 11.9 Å². The van der Waals surface area contributed by atoms with Crippen molar-refractivity contribution in [2.45, 2.75) is 25.7 Å². The first-order valence-corrected chi connectivity index (χ1v) is 6.11. The third kappa shape index (κ3) is 2.23. The topological polar surface area (TPSA) is 66.4 Å². The molecular weight excluding hydrogens is 230 g/mol. The standard InChI is InChI=1S/C14H17NO3/c1-8(2)9-3-5-10(6-4-9)11-7-15-13(16)12(11)14(17)18/h3-6,8,11-12H,7H2,1-2H3,(H,15,16)(H,17,18)/t11-,12-/m0/s1. The zero-order valence-corrected chi connectivity index (χ0v) is 10.5. The summed E-state index contributed by atoms with van der Waals surface area (Å²) in [5.41, 5.74) is 2.12. The van der Waals surface area contributed by atoms with Crippen LogP contribution in [0.2, 0.25) is 0 Å². The van der Waals surface area contributed by atoms with Crippen LogP contribution in [0.3, 0.4) is 0 Å². The molecule has 1 aromatic rings. The summed E-state index contributed by atoms with van der Waals surface area (Å²) in [6, 6.07) is 7.86. The molecule has 4 nitrogen and oxygen atoms in total. The van der Waals surface area contributed by atoms with Crippen molar-refractivity contribution in [1.29, 1.82) is 0 Å². The highest BCUT2D eigenvalue weighted by molar-refractivity contribution is 5.99. The number of hydrogen-bond acceptors (Lipinski definition) is 2. The molecule has 1 aliphatic rings. The number of hydrogen-bond donors (Lipinski definition) is 2. The quantitative estimate of drug-likeness (QED) is 0.799. The van der Waals surface area contributed by atoms with E-state index in [0.29, 0.717) is 12.5 Å². The third-order valence-electron chi connectivity index (χ3n) is 3.48. The lowest BCUT2D eigenvalue weighted by Gasteiger charge is -2.14. The van der Waals surface area contributed by atoms with E-state index in [9.17, 15) is 9.59 Å². The minimum Gasteiger partial charge on any atom is -0.481 e. The van der Waals surface area contributed by atoms with Crippen LogP contribution in [0.25, 0.3) is 0 Å². The highest BCUT2D eigenvalue weighted by Crippen LogP contribution is 2.30. The van der Waals surface area contributed by atoms with Gasteiger partial charge in [0.05, 0.1) is 0 Å². The Morgan fingerprint density at radius 2 is 1.94 bits per heavy atom. The van der Waals surface area contributed by atoms with Gasteiger partial charge in [0.2, 0.25) is 5.91 Å². The predicted molar refractivity (Wildman–Crippen MR) is 67.4 cm³/mol. The molecular formula is C14H17NO3. The molecule has 18 heavy (non-hydrogen) atoms. The molecule has 0 aromatic heterocycles. The highest BCUT2D eigenvalue weighted by Gasteiger charge is 2.40. The molecule has 1 heterocycles. The van der Waals surface area contributed by atoms with E-state index in [-0.39, 0.29) is 11.8 Å². The molecule has 0 radical (unpaired) electrons. The fraction of sp³-hybridized carbons (Fsp3) is 0.429. The number of benzene rings is 1. The Balaban J connectivity index is 2.26. The van der Waals surface area contributed by atoms with E-state index in [1.165, 1.54) is 5.56 Å². The maximum atomic E-state index is 11.5. The van der Waals surface area contributed by atoms with Crippen molar-refractivity contribution in [3.05, 3.63) is 35.4 Å². The van der Waals surface area contributed by atoms with Crippen molar-refractivity contribution in [1.82, 2.24) is 5.32 Å². The number of carboxylic acids is 1. The fourth-order valence-electron chi connectivity index (χ4n) is 2.34. The monoisotopic (exact) mass is 247 g/mol. The van der Waals surface area contributed by atoms with Crippen LogP contribution >= 0.6 is 0 Å². The average Bonchev–Trinajstić information content (AvgIpc) is 2.71. The zero-order valence-electron chi connectivity index (χ0n) is 10.5. The summed E-state index contributed by atoms with van der Waals surface area (Å²) in [4.78, 5) is 22.6. The maximum Gasteiger partial charge on any atom is 0.316 e. The number of nitrogens with one attached hydrogen (secondary N) is 1. The zero-order chi connectivity index (χ0) is 13.3. The summed E-state index contributed by atoms with van der Waals surface area (Å²) in [7, 11) is 0. The molecule has 0 unspecified atom stereocenters. The van der Waals surface area contributed by atoms with Crippen molar-refractivity contribution in [3.63, 3.8) is 0 Å². The van der Waals surface area contributed by atoms with Crippen LogP contribution in [0.5, 0.6) is 0 Å². The van der Waals surface area contributed by atoms with Gasteiger partial charge in [-0.2, -0.15) is 0 Å². The van der Waals surface area contributed by atoms with Gasteiger partial charge in [-0.15, -0.1) is 0 Å². The molecule has 0 bridgehead atoms. The Morgan fingerprint density at radius 3 is 2.44 bits per heavy atom. The van der Waals surface area contributed by atoms with Gasteiger partial charge in [-0.3, -0.25) is 9.59 Å². The summed E-state index contributed by atoms with van der Waals surface area (Å²) in [6.07, 6.45) is 0. The highest BCUT2D eigenvalue weighted by atomic mass is 16.4. The summed E-state index contributed by atoms with van der Waals surface area (Å²) >= 11 is 0. The van der Waals surface area contributed by atoms with E-state index in [2.05, 4.69) is 19.2 Å². The van der Waals surface area contributed by atoms with Gasteiger partial charge in [0, 0.05) is 12.5 Å². The molecule has 1 saturated heterocycles. The first-order chi connectivity index (χ1) is 8.50. The van der Waals surface area contributed by atoms with Crippen LogP contribution in [0.4, 0.5) is 0 Å². The molecule has 1 amide bonds. The predicted octanol–water partition coefficient (Wildman–Crippen LogP) is 1.72. The number of amides is 1. The molecule has 2 N–H and O–H groups in total. The fourth-order valence-corrected chi connectivity index (χ4v) is 2.34. The molecule has 0 aliphatic carbocycles. The molecule has 96 valence electrons. The molecule has 4 heteroatoms. The number of carbonyl (C=O) groups excluding carboxylic acids is 1. The summed E-state index contributed by atoms with van der Waals surface area (Å²) in [5.74, 6) is -2.23. The van der Waals surface area contributed by atoms with Gasteiger partial charge in [0.15, 0.2) is 0 Å². The Labute approximate surface area is 106 Å². The van der Waals surface area contributed by atoms with Crippen LogP contribution in [-0.2, 0) is 9.59 Å². The third-order valence-corrected chi connectivity index (χ3v) is 3.48. The van der Waals surface area contributed by atoms with E-state index in [4.69, 9.17) is 5.11 Å². The van der Waals surface area contributed by atoms with Crippen molar-refractivity contribution in [2.75, 3.05) is 6.54 Å². The maximum absolute atomic E-state index is 11.5. The molecule has 1 aromatic carbocycles. The van der Waals surface area contributed by atoms with Gasteiger partial charge in [0.25, 0.3) is 0 Å². The molecule has 0 saturated carbocycles. The van der Waals surface area contributed by atoms with Gasteiger partial charge in [-0.25, -0.2) is 0 Å². The van der Waals surface area contributed by atoms with E-state index in [0.717, 1.165) is 5.56 Å². The Kier molecular flexibility index (Phi) is 3.36. The Bertz CT molecular complexity index is 464. The second-order valence-electron chi connectivity index (χ2n) is 4.99. The average molecular weight is 247 g/mol. The molecule has 2 rings (SSSR count). The van der Waals surface area contributed by atoms with Crippen LogP contribution in [0.1, 0.15) is 36.8 Å². The van der Waals surface area contributed by atoms with Gasteiger partial charge in [0.1, 0.15) is 5.92 Å². The van der Waals surface area contributed by atoms with Gasteiger partial charge in [-0.1, -0.05) is 38.1 Å². The lowest BCUT2D eigenvalue weighted by Crippen LogP contribution is -2.26. The Hall–Kier alpha value is -1.84. The largest absolute Gasteiger partial charge is 0.481 e. The second kappa shape index (κ2) is 4.80. The van der Waals surface area contributed by atoms with E-state index in [1.807, 2.05) is 24.3 Å². The lowest BCUT2D eigenvalue weighted by molar-refractivity contribution is -0.145. The van der Waals surface area contributed by atoms with E-state index in [1.54, 1.807) is 0 Å². The van der Waals surface area contributed by atoms with Crippen LogP contribution in [0, 0.1) is 5.92 Å². The summed E-state index contributed by atoms with van der Waals surface area (Å²) in [5, 5.41) is 11.7. The SMILES string of the molecule is CC(C)c1ccc([C@@H]2CNC(=O)[C@H]2C(=O)O)cc1. The first-order valence-electron chi connectivity index (χ1n) is 6.11. The van der Waals surface area contributed by atoms with Crippen LogP contribution < -0.4 is 5.32 Å². The van der Waals surface area contributed by atoms with Crippen molar-refractivity contribution < 1.29 is 14.7 Å². The van der Waals surface area contributed by atoms with Crippen LogP contribution in [0.15, 0.2) is 24.3 Å². The lowest BCUT2D eigenvalue weighted by atomic mass is 9.87. The summed E-state index contributed by atoms with van der Waals surface area (Å²) < 4.78 is 0. The van der Waals surface area contributed by atoms with E-state index < -0.39 is 11.9 Å². The number of carboxylic acid groups (broad SMARTS) is 1. The van der Waals surface area contributed by atoms with Gasteiger partial charge < -0.3 is 10.4 Å². The van der Waals surface area contributed by atoms with Gasteiger partial charge >= 0.3 is 5.97 Å². The number of rotatable bonds is 3. The Morgan fingerprint density at radius 1 is 1.33 bits per heavy atom. The number of carbonyl (C=O) groups is 2. The normalized spacial score (nSPS) is 23.2. The number of aliphatic carboxylic acids is 1. The molecule has 1 aliphatic heterocycles. The summed E-state index contributed by atoms with van der Waals surface area (Å²) in [6.45, 7) is 4.61.